The van der Waals surface area contributed by atoms with Crippen LogP contribution in [0.15, 0.2) is 57.4 Å². The van der Waals surface area contributed by atoms with E-state index in [1.54, 1.807) is 4.90 Å². The second-order valence-corrected chi connectivity index (χ2v) is 6.79. The molecule has 0 fully saturated rings. The van der Waals surface area contributed by atoms with Crippen LogP contribution in [0.4, 0.5) is 11.1 Å². The summed E-state index contributed by atoms with van der Waals surface area (Å²) >= 11 is 4.93. The van der Waals surface area contributed by atoms with Crippen molar-refractivity contribution in [3.8, 4) is 10.6 Å². The molecule has 0 bridgehead atoms. The van der Waals surface area contributed by atoms with Gasteiger partial charge in [-0.05, 0) is 24.3 Å². The third kappa shape index (κ3) is 2.73. The molecule has 0 unspecified atom stereocenters. The summed E-state index contributed by atoms with van der Waals surface area (Å²) in [6, 6.07) is 16.2. The summed E-state index contributed by atoms with van der Waals surface area (Å²) in [7, 11) is 1.87. The van der Waals surface area contributed by atoms with Crippen molar-refractivity contribution in [1.82, 2.24) is 15.2 Å². The molecule has 2 aromatic heterocycles. The molecule has 2 heterocycles. The average Bonchev–Trinajstić information content (AvgIpc) is 3.22. The van der Waals surface area contributed by atoms with E-state index in [4.69, 9.17) is 4.42 Å². The average molecular weight is 387 g/mol. The Balaban J connectivity index is 1.66. The third-order valence-electron chi connectivity index (χ3n) is 3.36. The van der Waals surface area contributed by atoms with E-state index in [9.17, 15) is 0 Å². The topological polar surface area (TPSA) is 55.1 Å². The van der Waals surface area contributed by atoms with Crippen molar-refractivity contribution in [3.05, 3.63) is 53.0 Å². The summed E-state index contributed by atoms with van der Waals surface area (Å²) in [6.45, 7) is 0. The summed E-state index contributed by atoms with van der Waals surface area (Å²) in [5.41, 5.74) is 2.61. The monoisotopic (exact) mass is 386 g/mol. The molecule has 0 atom stereocenters. The van der Waals surface area contributed by atoms with Gasteiger partial charge in [0.15, 0.2) is 5.58 Å². The van der Waals surface area contributed by atoms with Crippen LogP contribution < -0.4 is 4.90 Å². The van der Waals surface area contributed by atoms with Crippen LogP contribution in [0.25, 0.3) is 21.7 Å². The highest BCUT2D eigenvalue weighted by Crippen LogP contribution is 2.33. The Labute approximate surface area is 144 Å². The Morgan fingerprint density at radius 2 is 1.83 bits per heavy atom. The van der Waals surface area contributed by atoms with E-state index in [1.807, 2.05) is 55.6 Å². The van der Waals surface area contributed by atoms with Crippen molar-refractivity contribution < 1.29 is 4.42 Å². The zero-order valence-corrected chi connectivity index (χ0v) is 14.5. The lowest BCUT2D eigenvalue weighted by Crippen LogP contribution is -2.09. The highest BCUT2D eigenvalue weighted by molar-refractivity contribution is 9.10. The van der Waals surface area contributed by atoms with Crippen LogP contribution in [0.3, 0.4) is 0 Å². The fourth-order valence-corrected chi connectivity index (χ4v) is 3.22. The minimum Gasteiger partial charge on any atom is -0.423 e. The number of nitrogens with zero attached hydrogens (tertiary/aromatic N) is 4. The van der Waals surface area contributed by atoms with E-state index in [2.05, 4.69) is 31.1 Å². The molecule has 2 aromatic carbocycles. The van der Waals surface area contributed by atoms with Crippen LogP contribution in [0, 0.1) is 0 Å². The van der Waals surface area contributed by atoms with Crippen molar-refractivity contribution in [3.63, 3.8) is 0 Å². The highest BCUT2D eigenvalue weighted by Gasteiger charge is 2.16. The molecule has 0 saturated heterocycles. The first kappa shape index (κ1) is 14.3. The molecule has 7 heteroatoms. The van der Waals surface area contributed by atoms with Crippen molar-refractivity contribution in [2.45, 2.75) is 0 Å². The van der Waals surface area contributed by atoms with Crippen LogP contribution in [0.5, 0.6) is 0 Å². The molecular formula is C16H11BrN4OS. The van der Waals surface area contributed by atoms with Gasteiger partial charge in [-0.3, -0.25) is 4.90 Å². The van der Waals surface area contributed by atoms with Gasteiger partial charge < -0.3 is 4.42 Å². The van der Waals surface area contributed by atoms with Gasteiger partial charge in [-0.1, -0.05) is 51.5 Å². The van der Waals surface area contributed by atoms with E-state index in [0.29, 0.717) is 6.01 Å². The lowest BCUT2D eigenvalue weighted by molar-refractivity contribution is 0.602. The fraction of sp³-hybridized carbons (Fsp3) is 0.0625. The third-order valence-corrected chi connectivity index (χ3v) is 4.94. The predicted molar refractivity (Wildman–Crippen MR) is 95.1 cm³/mol. The number of oxazole rings is 1. The standard InChI is InChI=1S/C16H11BrN4OS/c1-21(15-18-12-4-2-3-5-13(12)22-15)16-20-19-14(23-16)10-6-8-11(17)9-7-10/h2-9H,1H3. The second-order valence-electron chi connectivity index (χ2n) is 4.92. The molecule has 0 N–H and O–H groups in total. The van der Waals surface area contributed by atoms with Gasteiger partial charge in [0.05, 0.1) is 0 Å². The van der Waals surface area contributed by atoms with Gasteiger partial charge >= 0.3 is 6.01 Å². The molecular weight excluding hydrogens is 376 g/mol. The largest absolute Gasteiger partial charge is 0.423 e. The zero-order chi connectivity index (χ0) is 15.8. The van der Waals surface area contributed by atoms with Gasteiger partial charge in [-0.2, -0.15) is 4.98 Å². The molecule has 4 aromatic rings. The van der Waals surface area contributed by atoms with E-state index >= 15 is 0 Å². The van der Waals surface area contributed by atoms with E-state index in [0.717, 1.165) is 31.3 Å². The Morgan fingerprint density at radius 1 is 1.04 bits per heavy atom. The Bertz CT molecular complexity index is 931. The Morgan fingerprint density at radius 3 is 2.61 bits per heavy atom. The molecule has 114 valence electrons. The number of anilines is 2. The first-order valence-electron chi connectivity index (χ1n) is 6.89. The van der Waals surface area contributed by atoms with Gasteiger partial charge in [-0.15, -0.1) is 10.2 Å². The molecule has 0 amide bonds. The number of hydrogen-bond acceptors (Lipinski definition) is 6. The number of fused-ring (bicyclic) bond motifs is 1. The SMILES string of the molecule is CN(c1nc2ccccc2o1)c1nnc(-c2ccc(Br)cc2)s1. The van der Waals surface area contributed by atoms with E-state index < -0.39 is 0 Å². The van der Waals surface area contributed by atoms with Gasteiger partial charge in [0.25, 0.3) is 0 Å². The number of rotatable bonds is 3. The first-order valence-corrected chi connectivity index (χ1v) is 8.50. The number of hydrogen-bond donors (Lipinski definition) is 0. The van der Waals surface area contributed by atoms with Crippen LogP contribution in [-0.4, -0.2) is 22.2 Å². The van der Waals surface area contributed by atoms with Crippen LogP contribution in [-0.2, 0) is 0 Å². The highest BCUT2D eigenvalue weighted by atomic mass is 79.9. The van der Waals surface area contributed by atoms with Crippen molar-refractivity contribution in [2.75, 3.05) is 11.9 Å². The van der Waals surface area contributed by atoms with Gasteiger partial charge in [0, 0.05) is 17.1 Å². The number of para-hydroxylation sites is 2. The molecule has 23 heavy (non-hydrogen) atoms. The molecule has 0 aliphatic rings. The number of aromatic nitrogens is 3. The van der Waals surface area contributed by atoms with Gasteiger partial charge in [0.1, 0.15) is 10.5 Å². The molecule has 0 aliphatic carbocycles. The lowest BCUT2D eigenvalue weighted by atomic mass is 10.2. The normalized spacial score (nSPS) is 11.0. The summed E-state index contributed by atoms with van der Waals surface area (Å²) in [6.07, 6.45) is 0. The molecule has 4 rings (SSSR count). The van der Waals surface area contributed by atoms with Gasteiger partial charge in [-0.25, -0.2) is 0 Å². The van der Waals surface area contributed by atoms with Gasteiger partial charge in [0.2, 0.25) is 5.13 Å². The Hall–Kier alpha value is -2.25. The van der Waals surface area contributed by atoms with Crippen molar-refractivity contribution in [2.24, 2.45) is 0 Å². The summed E-state index contributed by atoms with van der Waals surface area (Å²) < 4.78 is 6.80. The number of halogens is 1. The number of benzene rings is 2. The van der Waals surface area contributed by atoms with E-state index in [1.165, 1.54) is 11.3 Å². The van der Waals surface area contributed by atoms with Crippen molar-refractivity contribution >= 4 is 49.5 Å². The summed E-state index contributed by atoms with van der Waals surface area (Å²) in [5, 5.41) is 10.1. The fourth-order valence-electron chi connectivity index (χ4n) is 2.15. The minimum absolute atomic E-state index is 0.504. The predicted octanol–water partition coefficient (Wildman–Crippen LogP) is 4.88. The molecule has 0 spiro atoms. The minimum atomic E-state index is 0.504. The van der Waals surface area contributed by atoms with E-state index in [-0.39, 0.29) is 0 Å². The quantitative estimate of drug-likeness (QED) is 0.502. The van der Waals surface area contributed by atoms with Crippen molar-refractivity contribution in [1.29, 1.82) is 0 Å². The molecule has 0 aliphatic heterocycles. The smallest absolute Gasteiger partial charge is 0.304 e. The summed E-state index contributed by atoms with van der Waals surface area (Å²) in [5.74, 6) is 0. The molecule has 0 saturated carbocycles. The first-order chi connectivity index (χ1) is 11.2. The lowest BCUT2D eigenvalue weighted by Gasteiger charge is -2.08. The maximum absolute atomic E-state index is 5.76. The van der Waals surface area contributed by atoms with Crippen LogP contribution in [0.1, 0.15) is 0 Å². The zero-order valence-electron chi connectivity index (χ0n) is 12.1. The summed E-state index contributed by atoms with van der Waals surface area (Å²) in [4.78, 5) is 6.28. The Kier molecular flexibility index (Phi) is 3.59. The molecule has 0 radical (unpaired) electrons. The van der Waals surface area contributed by atoms with Crippen LogP contribution >= 0.6 is 27.3 Å². The maximum atomic E-state index is 5.76. The maximum Gasteiger partial charge on any atom is 0.304 e. The molecule has 5 nitrogen and oxygen atoms in total. The van der Waals surface area contributed by atoms with Crippen LogP contribution in [0.2, 0.25) is 0 Å². The second kappa shape index (κ2) is 5.75.